The van der Waals surface area contributed by atoms with Gasteiger partial charge in [0.25, 0.3) is 5.24 Å². The van der Waals surface area contributed by atoms with E-state index in [0.29, 0.717) is 11.3 Å². The molecule has 2 aromatic carbocycles. The van der Waals surface area contributed by atoms with Crippen molar-refractivity contribution in [1.82, 2.24) is 9.78 Å². The Balaban J connectivity index is 2.16. The van der Waals surface area contributed by atoms with Gasteiger partial charge >= 0.3 is 0 Å². The van der Waals surface area contributed by atoms with Crippen molar-refractivity contribution in [1.29, 1.82) is 0 Å². The van der Waals surface area contributed by atoms with Gasteiger partial charge in [0.1, 0.15) is 5.69 Å². The average molecular weight is 362 g/mol. The van der Waals surface area contributed by atoms with Gasteiger partial charge in [-0.1, -0.05) is 46.3 Å². The summed E-state index contributed by atoms with van der Waals surface area (Å²) < 4.78 is 2.58. The van der Waals surface area contributed by atoms with Crippen LogP contribution >= 0.6 is 27.5 Å². The van der Waals surface area contributed by atoms with Gasteiger partial charge in [0, 0.05) is 16.2 Å². The summed E-state index contributed by atoms with van der Waals surface area (Å²) in [7, 11) is 0. The van der Waals surface area contributed by atoms with Crippen molar-refractivity contribution in [3.8, 4) is 16.9 Å². The number of carbonyl (C=O) groups is 1. The van der Waals surface area contributed by atoms with Crippen molar-refractivity contribution >= 4 is 32.8 Å². The molecule has 0 spiro atoms. The summed E-state index contributed by atoms with van der Waals surface area (Å²) >= 11 is 9.12. The fraction of sp³-hybridized carbons (Fsp3) is 0. The summed E-state index contributed by atoms with van der Waals surface area (Å²) in [4.78, 5) is 11.7. The summed E-state index contributed by atoms with van der Waals surface area (Å²) in [5.74, 6) is 0. The second kappa shape index (κ2) is 5.84. The zero-order valence-corrected chi connectivity index (χ0v) is 13.2. The van der Waals surface area contributed by atoms with Crippen LogP contribution in [0.15, 0.2) is 65.3 Å². The maximum Gasteiger partial charge on any atom is 0.256 e. The number of hydrogen-bond acceptors (Lipinski definition) is 2. The second-order valence-electron chi connectivity index (χ2n) is 4.46. The van der Waals surface area contributed by atoms with Gasteiger partial charge in [-0.3, -0.25) is 4.79 Å². The highest BCUT2D eigenvalue weighted by atomic mass is 79.9. The Morgan fingerprint density at radius 2 is 1.86 bits per heavy atom. The number of aromatic nitrogens is 2. The number of halogens is 2. The highest BCUT2D eigenvalue weighted by Crippen LogP contribution is 2.27. The minimum atomic E-state index is -0.521. The van der Waals surface area contributed by atoms with Crippen LogP contribution in [-0.2, 0) is 0 Å². The highest BCUT2D eigenvalue weighted by Gasteiger charge is 2.17. The van der Waals surface area contributed by atoms with Gasteiger partial charge in [-0.2, -0.15) is 5.10 Å². The predicted molar refractivity (Wildman–Crippen MR) is 86.9 cm³/mol. The SMILES string of the molecule is O=C(Cl)c1cn(-c2ccccc2)nc1-c1cccc(Br)c1. The van der Waals surface area contributed by atoms with E-state index in [-0.39, 0.29) is 0 Å². The van der Waals surface area contributed by atoms with Gasteiger partial charge in [-0.15, -0.1) is 0 Å². The molecule has 1 aromatic heterocycles. The Morgan fingerprint density at radius 3 is 2.52 bits per heavy atom. The lowest BCUT2D eigenvalue weighted by molar-refractivity contribution is 0.108. The number of para-hydroxylation sites is 1. The third-order valence-electron chi connectivity index (χ3n) is 3.04. The normalized spacial score (nSPS) is 10.6. The first-order chi connectivity index (χ1) is 10.1. The summed E-state index contributed by atoms with van der Waals surface area (Å²) in [6, 6.07) is 17.2. The molecular formula is C16H10BrClN2O. The van der Waals surface area contributed by atoms with E-state index in [4.69, 9.17) is 11.6 Å². The summed E-state index contributed by atoms with van der Waals surface area (Å²) in [6.07, 6.45) is 1.65. The lowest BCUT2D eigenvalue weighted by Crippen LogP contribution is -1.93. The molecule has 0 radical (unpaired) electrons. The van der Waals surface area contributed by atoms with Gasteiger partial charge in [-0.05, 0) is 35.9 Å². The standard InChI is InChI=1S/C16H10BrClN2O/c17-12-6-4-5-11(9-12)15-14(16(18)21)10-20(19-15)13-7-2-1-3-8-13/h1-10H. The Bertz CT molecular complexity index is 799. The molecule has 0 saturated heterocycles. The molecule has 0 N–H and O–H groups in total. The van der Waals surface area contributed by atoms with Crippen LogP contribution in [0.3, 0.4) is 0 Å². The van der Waals surface area contributed by atoms with Crippen LogP contribution in [0.25, 0.3) is 16.9 Å². The van der Waals surface area contributed by atoms with Crippen molar-refractivity contribution in [2.24, 2.45) is 0 Å². The van der Waals surface area contributed by atoms with Gasteiger partial charge in [0.05, 0.1) is 11.3 Å². The molecule has 3 aromatic rings. The molecule has 0 amide bonds. The number of nitrogens with zero attached hydrogens (tertiary/aromatic N) is 2. The van der Waals surface area contributed by atoms with Crippen LogP contribution in [0.1, 0.15) is 10.4 Å². The van der Waals surface area contributed by atoms with Crippen LogP contribution in [0.2, 0.25) is 0 Å². The largest absolute Gasteiger partial charge is 0.275 e. The molecule has 0 unspecified atom stereocenters. The topological polar surface area (TPSA) is 34.9 Å². The van der Waals surface area contributed by atoms with E-state index in [1.54, 1.807) is 10.9 Å². The lowest BCUT2D eigenvalue weighted by Gasteiger charge is -2.01. The van der Waals surface area contributed by atoms with E-state index in [1.807, 2.05) is 54.6 Å². The summed E-state index contributed by atoms with van der Waals surface area (Å²) in [5.41, 5.74) is 2.67. The monoisotopic (exact) mass is 360 g/mol. The van der Waals surface area contributed by atoms with E-state index >= 15 is 0 Å². The van der Waals surface area contributed by atoms with E-state index in [2.05, 4.69) is 21.0 Å². The van der Waals surface area contributed by atoms with Gasteiger partial charge in [0.15, 0.2) is 0 Å². The van der Waals surface area contributed by atoms with E-state index in [9.17, 15) is 4.79 Å². The molecule has 0 fully saturated rings. The van der Waals surface area contributed by atoms with Crippen LogP contribution in [0.4, 0.5) is 0 Å². The average Bonchev–Trinajstić information content (AvgIpc) is 2.93. The molecule has 0 bridgehead atoms. The Labute approximate surface area is 135 Å². The quantitative estimate of drug-likeness (QED) is 0.635. The zero-order valence-electron chi connectivity index (χ0n) is 10.8. The fourth-order valence-corrected chi connectivity index (χ4v) is 2.62. The van der Waals surface area contributed by atoms with Crippen molar-refractivity contribution in [3.63, 3.8) is 0 Å². The number of benzene rings is 2. The molecule has 3 rings (SSSR count). The molecule has 0 aliphatic rings. The first kappa shape index (κ1) is 14.0. The lowest BCUT2D eigenvalue weighted by atomic mass is 10.1. The van der Waals surface area contributed by atoms with Crippen molar-refractivity contribution in [2.45, 2.75) is 0 Å². The molecule has 104 valence electrons. The van der Waals surface area contributed by atoms with E-state index < -0.39 is 5.24 Å². The highest BCUT2D eigenvalue weighted by molar-refractivity contribution is 9.10. The number of hydrogen-bond donors (Lipinski definition) is 0. The fourth-order valence-electron chi connectivity index (χ4n) is 2.08. The minimum absolute atomic E-state index is 0.388. The minimum Gasteiger partial charge on any atom is -0.275 e. The predicted octanol–water partition coefficient (Wildman–Crippen LogP) is 4.68. The van der Waals surface area contributed by atoms with Gasteiger partial charge in [0.2, 0.25) is 0 Å². The summed E-state index contributed by atoms with van der Waals surface area (Å²) in [6.45, 7) is 0. The van der Waals surface area contributed by atoms with Crippen LogP contribution in [-0.4, -0.2) is 15.0 Å². The second-order valence-corrected chi connectivity index (χ2v) is 5.71. The van der Waals surface area contributed by atoms with Crippen LogP contribution in [0, 0.1) is 0 Å². The summed E-state index contributed by atoms with van der Waals surface area (Å²) in [5, 5.41) is 3.98. The molecule has 5 heteroatoms. The first-order valence-corrected chi connectivity index (χ1v) is 7.43. The molecule has 0 atom stereocenters. The van der Waals surface area contributed by atoms with Crippen LogP contribution in [0.5, 0.6) is 0 Å². The molecule has 3 nitrogen and oxygen atoms in total. The molecule has 21 heavy (non-hydrogen) atoms. The number of rotatable bonds is 3. The van der Waals surface area contributed by atoms with Crippen molar-refractivity contribution in [3.05, 3.63) is 70.8 Å². The number of carbonyl (C=O) groups excluding carboxylic acids is 1. The maximum atomic E-state index is 11.7. The van der Waals surface area contributed by atoms with E-state index in [1.165, 1.54) is 0 Å². The Kier molecular flexibility index (Phi) is 3.90. The van der Waals surface area contributed by atoms with Crippen molar-refractivity contribution in [2.75, 3.05) is 0 Å². The molecule has 0 saturated carbocycles. The molecule has 0 aliphatic heterocycles. The van der Waals surface area contributed by atoms with E-state index in [0.717, 1.165) is 15.7 Å². The molecular weight excluding hydrogens is 352 g/mol. The Hall–Kier alpha value is -1.91. The van der Waals surface area contributed by atoms with Gasteiger partial charge < -0.3 is 0 Å². The maximum absolute atomic E-state index is 11.7. The molecule has 1 heterocycles. The van der Waals surface area contributed by atoms with Crippen molar-refractivity contribution < 1.29 is 4.79 Å². The molecule has 0 aliphatic carbocycles. The Morgan fingerprint density at radius 1 is 1.10 bits per heavy atom. The van der Waals surface area contributed by atoms with Crippen LogP contribution < -0.4 is 0 Å². The first-order valence-electron chi connectivity index (χ1n) is 6.26. The third-order valence-corrected chi connectivity index (χ3v) is 3.74. The zero-order chi connectivity index (χ0) is 14.8. The van der Waals surface area contributed by atoms with Gasteiger partial charge in [-0.25, -0.2) is 4.68 Å². The third kappa shape index (κ3) is 2.91. The smallest absolute Gasteiger partial charge is 0.256 e.